The van der Waals surface area contributed by atoms with E-state index in [9.17, 15) is 9.59 Å². The normalized spacial score (nSPS) is 13.5. The molecule has 1 aromatic heterocycles. The second-order valence-electron chi connectivity index (χ2n) is 6.41. The maximum Gasteiger partial charge on any atom is 0.349 e. The van der Waals surface area contributed by atoms with Gasteiger partial charge in [0, 0.05) is 6.54 Å². The maximum absolute atomic E-state index is 12.5. The fraction of sp³-hybridized carbons (Fsp3) is 0.368. The molecule has 0 saturated carbocycles. The minimum absolute atomic E-state index is 0.209. The molecule has 0 radical (unpaired) electrons. The smallest absolute Gasteiger partial charge is 0.349 e. The summed E-state index contributed by atoms with van der Waals surface area (Å²) in [4.78, 5) is 25.2. The summed E-state index contributed by atoms with van der Waals surface area (Å²) in [5.41, 5.74) is 0.885. The number of thiophene rings is 1. The van der Waals surface area contributed by atoms with E-state index >= 15 is 0 Å². The van der Waals surface area contributed by atoms with Crippen LogP contribution < -0.4 is 14.8 Å². The van der Waals surface area contributed by atoms with Gasteiger partial charge >= 0.3 is 5.97 Å². The summed E-state index contributed by atoms with van der Waals surface area (Å²) in [6.45, 7) is 4.50. The van der Waals surface area contributed by atoms with Gasteiger partial charge in [0.15, 0.2) is 17.6 Å². The number of carbonyl (C=O) groups is 2. The van der Waals surface area contributed by atoms with Gasteiger partial charge in [0.25, 0.3) is 5.91 Å². The van der Waals surface area contributed by atoms with Crippen molar-refractivity contribution >= 4 is 23.2 Å². The standard InChI is InChI=1S/C19H21NO5S/c1-12(2)8-16(25-19(22)17-4-3-7-26-17)18(21)20-10-13-5-6-14-15(9-13)24-11-23-14/h3-7,9,12,16H,8,10-11H2,1-2H3,(H,20,21)/t16-/m1/s1. The van der Waals surface area contributed by atoms with E-state index in [1.165, 1.54) is 11.3 Å². The summed E-state index contributed by atoms with van der Waals surface area (Å²) >= 11 is 1.29. The highest BCUT2D eigenvalue weighted by Gasteiger charge is 2.25. The first kappa shape index (κ1) is 18.3. The third-order valence-electron chi connectivity index (χ3n) is 3.85. The number of rotatable bonds is 7. The molecular formula is C19H21NO5S. The van der Waals surface area contributed by atoms with Crippen molar-refractivity contribution in [1.29, 1.82) is 0 Å². The number of carbonyl (C=O) groups excluding carboxylic acids is 2. The predicted molar refractivity (Wildman–Crippen MR) is 97.4 cm³/mol. The first-order valence-corrected chi connectivity index (χ1v) is 9.31. The molecule has 0 fully saturated rings. The van der Waals surface area contributed by atoms with Crippen molar-refractivity contribution in [3.8, 4) is 11.5 Å². The van der Waals surface area contributed by atoms with Gasteiger partial charge in [-0.1, -0.05) is 26.0 Å². The lowest BCUT2D eigenvalue weighted by Gasteiger charge is -2.19. The van der Waals surface area contributed by atoms with Crippen molar-refractivity contribution in [2.24, 2.45) is 5.92 Å². The van der Waals surface area contributed by atoms with Gasteiger partial charge in [-0.15, -0.1) is 11.3 Å². The van der Waals surface area contributed by atoms with Gasteiger partial charge < -0.3 is 19.5 Å². The molecule has 138 valence electrons. The Hall–Kier alpha value is -2.54. The zero-order valence-electron chi connectivity index (χ0n) is 14.7. The van der Waals surface area contributed by atoms with Crippen molar-refractivity contribution in [1.82, 2.24) is 5.32 Å². The highest BCUT2D eigenvalue weighted by molar-refractivity contribution is 7.11. The van der Waals surface area contributed by atoms with Crippen LogP contribution in [0.4, 0.5) is 0 Å². The fourth-order valence-corrected chi connectivity index (χ4v) is 3.18. The molecule has 2 heterocycles. The van der Waals surface area contributed by atoms with Crippen LogP contribution in [0.15, 0.2) is 35.7 Å². The monoisotopic (exact) mass is 375 g/mol. The van der Waals surface area contributed by atoms with E-state index in [-0.39, 0.29) is 18.6 Å². The molecule has 2 aromatic rings. The highest BCUT2D eigenvalue weighted by Crippen LogP contribution is 2.32. The van der Waals surface area contributed by atoms with Crippen LogP contribution in [-0.2, 0) is 16.1 Å². The summed E-state index contributed by atoms with van der Waals surface area (Å²) in [6, 6.07) is 8.97. The van der Waals surface area contributed by atoms with E-state index in [4.69, 9.17) is 14.2 Å². The largest absolute Gasteiger partial charge is 0.454 e. The minimum atomic E-state index is -0.821. The Balaban J connectivity index is 1.60. The number of nitrogens with one attached hydrogen (secondary N) is 1. The fourth-order valence-electron chi connectivity index (χ4n) is 2.57. The number of esters is 1. The van der Waals surface area contributed by atoms with Crippen molar-refractivity contribution in [2.45, 2.75) is 32.9 Å². The summed E-state index contributed by atoms with van der Waals surface area (Å²) in [7, 11) is 0. The molecule has 0 aliphatic carbocycles. The Morgan fingerprint density at radius 1 is 1.23 bits per heavy atom. The Kier molecular flexibility index (Phi) is 5.78. The summed E-state index contributed by atoms with van der Waals surface area (Å²) in [5.74, 6) is 0.805. The zero-order valence-corrected chi connectivity index (χ0v) is 15.5. The average molecular weight is 375 g/mol. The van der Waals surface area contributed by atoms with Crippen LogP contribution in [0.25, 0.3) is 0 Å². The Morgan fingerprint density at radius 2 is 2.04 bits per heavy atom. The quantitative estimate of drug-likeness (QED) is 0.751. The molecule has 1 atom stereocenters. The minimum Gasteiger partial charge on any atom is -0.454 e. The number of benzene rings is 1. The predicted octanol–water partition coefficient (Wildman–Crippen LogP) is 3.36. The van der Waals surface area contributed by atoms with E-state index in [0.29, 0.717) is 29.3 Å². The molecule has 1 aliphatic heterocycles. The molecular weight excluding hydrogens is 354 g/mol. The van der Waals surface area contributed by atoms with Gasteiger partial charge in [0.2, 0.25) is 6.79 Å². The number of amides is 1. The summed E-state index contributed by atoms with van der Waals surface area (Å²) in [5, 5.41) is 4.64. The topological polar surface area (TPSA) is 73.9 Å². The first-order chi connectivity index (χ1) is 12.5. The van der Waals surface area contributed by atoms with Crippen LogP contribution >= 0.6 is 11.3 Å². The molecule has 1 aliphatic rings. The van der Waals surface area contributed by atoms with E-state index < -0.39 is 12.1 Å². The first-order valence-electron chi connectivity index (χ1n) is 8.43. The van der Waals surface area contributed by atoms with E-state index in [1.807, 2.05) is 32.0 Å². The van der Waals surface area contributed by atoms with Crippen LogP contribution in [0.1, 0.15) is 35.5 Å². The van der Waals surface area contributed by atoms with Crippen molar-refractivity contribution in [2.75, 3.05) is 6.79 Å². The van der Waals surface area contributed by atoms with E-state index in [1.54, 1.807) is 17.5 Å². The molecule has 0 saturated heterocycles. The van der Waals surface area contributed by atoms with Crippen molar-refractivity contribution < 1.29 is 23.8 Å². The Bertz CT molecular complexity index is 772. The van der Waals surface area contributed by atoms with E-state index in [0.717, 1.165) is 5.56 Å². The van der Waals surface area contributed by atoms with Crippen LogP contribution in [0.5, 0.6) is 11.5 Å². The molecule has 0 unspecified atom stereocenters. The highest BCUT2D eigenvalue weighted by atomic mass is 32.1. The lowest BCUT2D eigenvalue weighted by Crippen LogP contribution is -2.38. The number of ether oxygens (including phenoxy) is 3. The number of hydrogen-bond acceptors (Lipinski definition) is 6. The molecule has 0 bridgehead atoms. The molecule has 1 aromatic carbocycles. The van der Waals surface area contributed by atoms with Gasteiger partial charge in [-0.3, -0.25) is 4.79 Å². The molecule has 6 nitrogen and oxygen atoms in total. The van der Waals surface area contributed by atoms with Gasteiger partial charge in [-0.25, -0.2) is 4.79 Å². The molecule has 1 N–H and O–H groups in total. The number of hydrogen-bond donors (Lipinski definition) is 1. The van der Waals surface area contributed by atoms with Gasteiger partial charge in [-0.05, 0) is 41.5 Å². The van der Waals surface area contributed by atoms with Gasteiger partial charge in [0.05, 0.1) is 0 Å². The third-order valence-corrected chi connectivity index (χ3v) is 4.70. The van der Waals surface area contributed by atoms with Crippen LogP contribution in [0.2, 0.25) is 0 Å². The maximum atomic E-state index is 12.5. The van der Waals surface area contributed by atoms with Gasteiger partial charge in [-0.2, -0.15) is 0 Å². The average Bonchev–Trinajstić information content (AvgIpc) is 3.29. The Labute approximate surface area is 156 Å². The zero-order chi connectivity index (χ0) is 18.5. The molecule has 0 spiro atoms. The summed E-state index contributed by atoms with van der Waals surface area (Å²) < 4.78 is 16.1. The molecule has 1 amide bonds. The Morgan fingerprint density at radius 3 is 2.77 bits per heavy atom. The second kappa shape index (κ2) is 8.23. The van der Waals surface area contributed by atoms with Crippen molar-refractivity contribution in [3.05, 3.63) is 46.2 Å². The van der Waals surface area contributed by atoms with Crippen LogP contribution in [0, 0.1) is 5.92 Å². The van der Waals surface area contributed by atoms with Gasteiger partial charge in [0.1, 0.15) is 4.88 Å². The van der Waals surface area contributed by atoms with Crippen LogP contribution in [-0.4, -0.2) is 24.8 Å². The third kappa shape index (κ3) is 4.54. The lowest BCUT2D eigenvalue weighted by molar-refractivity contribution is -0.130. The van der Waals surface area contributed by atoms with E-state index in [2.05, 4.69) is 5.32 Å². The lowest BCUT2D eigenvalue weighted by atomic mass is 10.1. The van der Waals surface area contributed by atoms with Crippen LogP contribution in [0.3, 0.4) is 0 Å². The molecule has 7 heteroatoms. The summed E-state index contributed by atoms with van der Waals surface area (Å²) in [6.07, 6.45) is -0.358. The second-order valence-corrected chi connectivity index (χ2v) is 7.35. The SMILES string of the molecule is CC(C)C[C@@H](OC(=O)c1cccs1)C(=O)NCc1ccc2c(c1)OCO2. The molecule has 3 rings (SSSR count). The molecule has 26 heavy (non-hydrogen) atoms. The van der Waals surface area contributed by atoms with Crippen molar-refractivity contribution in [3.63, 3.8) is 0 Å². The number of fused-ring (bicyclic) bond motifs is 1.